The molecule has 0 saturated heterocycles. The first-order valence-electron chi connectivity index (χ1n) is 4.35. The Labute approximate surface area is 80.6 Å². The van der Waals surface area contributed by atoms with Crippen LogP contribution < -0.4 is 5.43 Å². The number of rotatable bonds is 1. The fourth-order valence-electron chi connectivity index (χ4n) is 1.45. The number of aryl methyl sites for hydroxylation is 1. The summed E-state index contributed by atoms with van der Waals surface area (Å²) in [6.45, 7) is 1.59. The predicted molar refractivity (Wildman–Crippen MR) is 53.1 cm³/mol. The van der Waals surface area contributed by atoms with Crippen molar-refractivity contribution in [1.82, 2.24) is 0 Å². The first kappa shape index (κ1) is 8.97. The summed E-state index contributed by atoms with van der Waals surface area (Å²) < 4.78 is 5.29. The van der Waals surface area contributed by atoms with Crippen molar-refractivity contribution in [3.63, 3.8) is 0 Å². The van der Waals surface area contributed by atoms with Gasteiger partial charge in [-0.3, -0.25) is 4.79 Å². The first-order valence-corrected chi connectivity index (χ1v) is 4.35. The molecular weight excluding hydrogens is 180 g/mol. The molecule has 1 N–H and O–H groups in total. The van der Waals surface area contributed by atoms with Crippen LogP contribution in [0.5, 0.6) is 0 Å². The quantitative estimate of drug-likeness (QED) is 0.742. The second-order valence-electron chi connectivity index (χ2n) is 3.20. The average molecular weight is 190 g/mol. The molecule has 0 unspecified atom stereocenters. The Morgan fingerprint density at radius 3 is 2.93 bits per heavy atom. The van der Waals surface area contributed by atoms with E-state index in [0.717, 1.165) is 5.56 Å². The third kappa shape index (κ3) is 1.22. The molecule has 3 nitrogen and oxygen atoms in total. The molecule has 0 bridgehead atoms. The highest BCUT2D eigenvalue weighted by atomic mass is 16.3. The zero-order chi connectivity index (χ0) is 10.1. The maximum Gasteiger partial charge on any atom is 0.198 e. The fraction of sp³-hybridized carbons (Fsp3) is 0.182. The zero-order valence-corrected chi connectivity index (χ0v) is 7.78. The largest absolute Gasteiger partial charge is 0.463 e. The molecule has 72 valence electrons. The van der Waals surface area contributed by atoms with E-state index in [2.05, 4.69) is 0 Å². The molecule has 2 aromatic rings. The van der Waals surface area contributed by atoms with Gasteiger partial charge < -0.3 is 9.52 Å². The van der Waals surface area contributed by atoms with Crippen LogP contribution in [-0.2, 0) is 6.61 Å². The molecule has 0 aliphatic heterocycles. The summed E-state index contributed by atoms with van der Waals surface area (Å²) in [6, 6.07) is 5.38. The molecule has 14 heavy (non-hydrogen) atoms. The van der Waals surface area contributed by atoms with Crippen LogP contribution in [-0.4, -0.2) is 5.11 Å². The first-order chi connectivity index (χ1) is 6.74. The van der Waals surface area contributed by atoms with Gasteiger partial charge in [0, 0.05) is 0 Å². The van der Waals surface area contributed by atoms with Gasteiger partial charge in [0.05, 0.1) is 17.6 Å². The summed E-state index contributed by atoms with van der Waals surface area (Å²) in [5.41, 5.74) is 1.65. The number of hydrogen-bond donors (Lipinski definition) is 1. The highest BCUT2D eigenvalue weighted by Gasteiger charge is 2.06. The van der Waals surface area contributed by atoms with Crippen LogP contribution >= 0.6 is 0 Å². The molecule has 0 saturated carbocycles. The van der Waals surface area contributed by atoms with Crippen molar-refractivity contribution in [3.05, 3.63) is 45.8 Å². The van der Waals surface area contributed by atoms with E-state index in [-0.39, 0.29) is 12.0 Å². The average Bonchev–Trinajstić information content (AvgIpc) is 2.20. The minimum Gasteiger partial charge on any atom is -0.463 e. The van der Waals surface area contributed by atoms with Gasteiger partial charge in [-0.2, -0.15) is 0 Å². The molecule has 0 aliphatic rings. The Balaban J connectivity index is 2.91. The topological polar surface area (TPSA) is 50.4 Å². The Bertz CT molecular complexity index is 526. The van der Waals surface area contributed by atoms with E-state index in [9.17, 15) is 4.79 Å². The lowest BCUT2D eigenvalue weighted by atomic mass is 10.1. The summed E-state index contributed by atoms with van der Waals surface area (Å²) >= 11 is 0. The van der Waals surface area contributed by atoms with Gasteiger partial charge in [0.2, 0.25) is 0 Å². The van der Waals surface area contributed by atoms with E-state index < -0.39 is 0 Å². The monoisotopic (exact) mass is 190 g/mol. The van der Waals surface area contributed by atoms with Gasteiger partial charge in [-0.15, -0.1) is 0 Å². The van der Waals surface area contributed by atoms with Crippen LogP contribution in [0.4, 0.5) is 0 Å². The molecule has 0 aliphatic carbocycles. The highest BCUT2D eigenvalue weighted by molar-refractivity contribution is 5.79. The lowest BCUT2D eigenvalue weighted by molar-refractivity contribution is 0.277. The summed E-state index contributed by atoms with van der Waals surface area (Å²) in [5.74, 6) is 0. The number of aliphatic hydroxyl groups is 1. The Kier molecular flexibility index (Phi) is 2.09. The van der Waals surface area contributed by atoms with Crippen molar-refractivity contribution in [3.8, 4) is 0 Å². The lowest BCUT2D eigenvalue weighted by Gasteiger charge is -2.01. The van der Waals surface area contributed by atoms with Gasteiger partial charge in [-0.25, -0.2) is 0 Å². The molecule has 0 fully saturated rings. The van der Waals surface area contributed by atoms with Gasteiger partial charge in [0.25, 0.3) is 0 Å². The van der Waals surface area contributed by atoms with E-state index in [1.165, 1.54) is 6.26 Å². The second kappa shape index (κ2) is 3.27. The van der Waals surface area contributed by atoms with Gasteiger partial charge in [-0.1, -0.05) is 12.1 Å². The minimum absolute atomic E-state index is 0.155. The minimum atomic E-state index is -0.286. The molecule has 1 aromatic heterocycles. The van der Waals surface area contributed by atoms with E-state index in [0.29, 0.717) is 16.5 Å². The van der Waals surface area contributed by atoms with Crippen molar-refractivity contribution in [2.45, 2.75) is 13.5 Å². The molecule has 0 atom stereocenters. The summed E-state index contributed by atoms with van der Waals surface area (Å²) in [4.78, 5) is 11.7. The molecule has 1 heterocycles. The fourth-order valence-corrected chi connectivity index (χ4v) is 1.45. The van der Waals surface area contributed by atoms with Crippen molar-refractivity contribution in [2.24, 2.45) is 0 Å². The van der Waals surface area contributed by atoms with Crippen LogP contribution in [0.1, 0.15) is 11.1 Å². The summed E-state index contributed by atoms with van der Waals surface area (Å²) in [7, 11) is 0. The maximum absolute atomic E-state index is 11.7. The Morgan fingerprint density at radius 2 is 2.21 bits per heavy atom. The molecule has 2 rings (SSSR count). The predicted octanol–water partition coefficient (Wildman–Crippen LogP) is 1.59. The third-order valence-electron chi connectivity index (χ3n) is 2.24. The smallest absolute Gasteiger partial charge is 0.198 e. The van der Waals surface area contributed by atoms with Crippen LogP contribution in [0.15, 0.2) is 33.7 Å². The molecular formula is C11H10O3. The number of benzene rings is 1. The van der Waals surface area contributed by atoms with E-state index >= 15 is 0 Å². The number of para-hydroxylation sites is 1. The highest BCUT2D eigenvalue weighted by Crippen LogP contribution is 2.15. The lowest BCUT2D eigenvalue weighted by Crippen LogP contribution is -2.08. The van der Waals surface area contributed by atoms with E-state index in [1.807, 2.05) is 13.0 Å². The molecule has 0 spiro atoms. The SMILES string of the molecule is Cc1cccc2c(=O)c(CO)coc12. The summed E-state index contributed by atoms with van der Waals surface area (Å²) in [5, 5.41) is 9.41. The van der Waals surface area contributed by atoms with Crippen molar-refractivity contribution >= 4 is 11.0 Å². The van der Waals surface area contributed by atoms with Crippen molar-refractivity contribution in [2.75, 3.05) is 0 Å². The van der Waals surface area contributed by atoms with Gasteiger partial charge >= 0.3 is 0 Å². The van der Waals surface area contributed by atoms with Crippen LogP contribution in [0.3, 0.4) is 0 Å². The zero-order valence-electron chi connectivity index (χ0n) is 7.78. The number of hydrogen-bond acceptors (Lipinski definition) is 3. The third-order valence-corrected chi connectivity index (χ3v) is 2.24. The molecule has 0 amide bonds. The Morgan fingerprint density at radius 1 is 1.43 bits per heavy atom. The van der Waals surface area contributed by atoms with Gasteiger partial charge in [0.15, 0.2) is 5.43 Å². The number of aliphatic hydroxyl groups excluding tert-OH is 1. The standard InChI is InChI=1S/C11H10O3/c1-7-3-2-4-9-10(13)8(5-12)6-14-11(7)9/h2-4,6,12H,5H2,1H3. The second-order valence-corrected chi connectivity index (χ2v) is 3.20. The van der Waals surface area contributed by atoms with Gasteiger partial charge in [-0.05, 0) is 18.6 Å². The van der Waals surface area contributed by atoms with Crippen molar-refractivity contribution < 1.29 is 9.52 Å². The molecule has 1 aromatic carbocycles. The van der Waals surface area contributed by atoms with Crippen LogP contribution in [0.25, 0.3) is 11.0 Å². The van der Waals surface area contributed by atoms with Crippen LogP contribution in [0, 0.1) is 6.92 Å². The number of fused-ring (bicyclic) bond motifs is 1. The van der Waals surface area contributed by atoms with Crippen LogP contribution in [0.2, 0.25) is 0 Å². The van der Waals surface area contributed by atoms with E-state index in [1.54, 1.807) is 12.1 Å². The van der Waals surface area contributed by atoms with Crippen molar-refractivity contribution in [1.29, 1.82) is 0 Å². The maximum atomic E-state index is 11.7. The van der Waals surface area contributed by atoms with Gasteiger partial charge in [0.1, 0.15) is 11.8 Å². The van der Waals surface area contributed by atoms with E-state index in [4.69, 9.17) is 9.52 Å². The summed E-state index contributed by atoms with van der Waals surface area (Å²) in [6.07, 6.45) is 1.32. The molecule has 0 radical (unpaired) electrons. The molecule has 3 heteroatoms. The Hall–Kier alpha value is -1.61. The normalized spacial score (nSPS) is 10.7.